The molecule has 0 aliphatic carbocycles. The average molecular weight is 225 g/mol. The van der Waals surface area contributed by atoms with Gasteiger partial charge in [0.2, 0.25) is 0 Å². The molecule has 2 N–H and O–H groups in total. The molecule has 3 heteroatoms. The van der Waals surface area contributed by atoms with Gasteiger partial charge in [-0.3, -0.25) is 0 Å². The molecule has 2 aliphatic heterocycles. The molecule has 0 amide bonds. The van der Waals surface area contributed by atoms with Crippen LogP contribution in [-0.2, 0) is 0 Å². The lowest BCUT2D eigenvalue weighted by atomic mass is 10.00. The Bertz CT molecular complexity index is 209. The molecule has 2 heterocycles. The zero-order valence-corrected chi connectivity index (χ0v) is 10.9. The van der Waals surface area contributed by atoms with E-state index < -0.39 is 0 Å². The molecule has 0 spiro atoms. The second-order valence-electron chi connectivity index (χ2n) is 5.82. The lowest BCUT2D eigenvalue weighted by molar-refractivity contribution is 0.159. The first-order valence-corrected chi connectivity index (χ1v) is 6.85. The Labute approximate surface area is 100.0 Å². The standard InChI is InChI=1S/C13H27N3/c1-11-9-16(10-13(11)14)8-6-12-5-3-4-7-15(12)2/h11-13H,3-10,14H2,1-2H3. The van der Waals surface area contributed by atoms with E-state index in [1.807, 2.05) is 0 Å². The van der Waals surface area contributed by atoms with E-state index in [-0.39, 0.29) is 0 Å². The zero-order valence-electron chi connectivity index (χ0n) is 10.9. The summed E-state index contributed by atoms with van der Waals surface area (Å²) in [7, 11) is 2.28. The van der Waals surface area contributed by atoms with E-state index in [4.69, 9.17) is 5.73 Å². The van der Waals surface area contributed by atoms with E-state index in [1.54, 1.807) is 0 Å². The highest BCUT2D eigenvalue weighted by Crippen LogP contribution is 2.20. The Hall–Kier alpha value is -0.120. The molecule has 0 aromatic carbocycles. The van der Waals surface area contributed by atoms with Gasteiger partial charge in [-0.2, -0.15) is 0 Å². The SMILES string of the molecule is CC1CN(CCC2CCCCN2C)CC1N. The number of nitrogens with zero attached hydrogens (tertiary/aromatic N) is 2. The maximum atomic E-state index is 6.05. The molecule has 2 fully saturated rings. The van der Waals surface area contributed by atoms with Crippen LogP contribution in [0.4, 0.5) is 0 Å². The summed E-state index contributed by atoms with van der Waals surface area (Å²) in [5.41, 5.74) is 6.05. The van der Waals surface area contributed by atoms with Crippen LogP contribution in [0.3, 0.4) is 0 Å². The van der Waals surface area contributed by atoms with E-state index >= 15 is 0 Å². The van der Waals surface area contributed by atoms with Gasteiger partial charge in [0.25, 0.3) is 0 Å². The van der Waals surface area contributed by atoms with Gasteiger partial charge in [-0.25, -0.2) is 0 Å². The number of piperidine rings is 1. The van der Waals surface area contributed by atoms with Crippen LogP contribution >= 0.6 is 0 Å². The van der Waals surface area contributed by atoms with Gasteiger partial charge < -0.3 is 15.5 Å². The van der Waals surface area contributed by atoms with Crippen molar-refractivity contribution in [1.82, 2.24) is 9.80 Å². The maximum Gasteiger partial charge on any atom is 0.0206 e. The Morgan fingerprint density at radius 2 is 2.06 bits per heavy atom. The van der Waals surface area contributed by atoms with Gasteiger partial charge in [0, 0.05) is 25.2 Å². The van der Waals surface area contributed by atoms with Gasteiger partial charge in [-0.15, -0.1) is 0 Å². The zero-order chi connectivity index (χ0) is 11.5. The molecule has 3 nitrogen and oxygen atoms in total. The Balaban J connectivity index is 1.71. The van der Waals surface area contributed by atoms with Crippen molar-refractivity contribution >= 4 is 0 Å². The largest absolute Gasteiger partial charge is 0.326 e. The molecular formula is C13H27N3. The Morgan fingerprint density at radius 3 is 2.69 bits per heavy atom. The lowest BCUT2D eigenvalue weighted by Crippen LogP contribution is -2.39. The Kier molecular flexibility index (Phi) is 4.22. The van der Waals surface area contributed by atoms with Gasteiger partial charge in [0.1, 0.15) is 0 Å². The van der Waals surface area contributed by atoms with Crippen LogP contribution in [0.1, 0.15) is 32.6 Å². The molecule has 0 saturated carbocycles. The van der Waals surface area contributed by atoms with E-state index in [1.165, 1.54) is 45.3 Å². The maximum absolute atomic E-state index is 6.05. The summed E-state index contributed by atoms with van der Waals surface area (Å²) in [5.74, 6) is 0.684. The van der Waals surface area contributed by atoms with Crippen molar-refractivity contribution in [3.63, 3.8) is 0 Å². The monoisotopic (exact) mass is 225 g/mol. The van der Waals surface area contributed by atoms with Crippen LogP contribution < -0.4 is 5.73 Å². The summed E-state index contributed by atoms with van der Waals surface area (Å²) in [4.78, 5) is 5.10. The van der Waals surface area contributed by atoms with E-state index in [9.17, 15) is 0 Å². The van der Waals surface area contributed by atoms with Crippen molar-refractivity contribution < 1.29 is 0 Å². The molecule has 0 bridgehead atoms. The number of hydrogen-bond donors (Lipinski definition) is 1. The summed E-state index contributed by atoms with van der Waals surface area (Å²) >= 11 is 0. The van der Waals surface area contributed by atoms with E-state index in [0.29, 0.717) is 12.0 Å². The quantitative estimate of drug-likeness (QED) is 0.782. The number of hydrogen-bond acceptors (Lipinski definition) is 3. The van der Waals surface area contributed by atoms with Crippen molar-refractivity contribution in [3.05, 3.63) is 0 Å². The molecule has 0 aromatic heterocycles. The first-order chi connectivity index (χ1) is 7.66. The third-order valence-corrected chi connectivity index (χ3v) is 4.45. The highest BCUT2D eigenvalue weighted by molar-refractivity contribution is 4.85. The van der Waals surface area contributed by atoms with Gasteiger partial charge in [0.05, 0.1) is 0 Å². The molecule has 0 radical (unpaired) electrons. The molecule has 0 aromatic rings. The van der Waals surface area contributed by atoms with Crippen LogP contribution in [0, 0.1) is 5.92 Å². The fraction of sp³-hybridized carbons (Fsp3) is 1.00. The Morgan fingerprint density at radius 1 is 1.25 bits per heavy atom. The minimum atomic E-state index is 0.407. The third kappa shape index (κ3) is 2.96. The average Bonchev–Trinajstić information content (AvgIpc) is 2.57. The van der Waals surface area contributed by atoms with Gasteiger partial charge >= 0.3 is 0 Å². The fourth-order valence-electron chi connectivity index (χ4n) is 3.12. The van der Waals surface area contributed by atoms with Crippen molar-refractivity contribution in [1.29, 1.82) is 0 Å². The summed E-state index contributed by atoms with van der Waals surface area (Å²) in [6, 6.07) is 1.23. The molecule has 2 rings (SSSR count). The molecule has 2 saturated heterocycles. The minimum Gasteiger partial charge on any atom is -0.326 e. The summed E-state index contributed by atoms with van der Waals surface area (Å²) in [5, 5.41) is 0. The van der Waals surface area contributed by atoms with Crippen molar-refractivity contribution in [2.24, 2.45) is 11.7 Å². The first kappa shape index (κ1) is 12.3. The van der Waals surface area contributed by atoms with Crippen LogP contribution in [0.5, 0.6) is 0 Å². The smallest absolute Gasteiger partial charge is 0.0206 e. The molecule has 2 aliphatic rings. The van der Waals surface area contributed by atoms with E-state index in [2.05, 4.69) is 23.8 Å². The second-order valence-corrected chi connectivity index (χ2v) is 5.82. The first-order valence-electron chi connectivity index (χ1n) is 6.85. The summed E-state index contributed by atoms with van der Waals surface area (Å²) < 4.78 is 0. The second kappa shape index (κ2) is 5.48. The van der Waals surface area contributed by atoms with Crippen molar-refractivity contribution in [3.8, 4) is 0 Å². The van der Waals surface area contributed by atoms with Crippen LogP contribution in [0.2, 0.25) is 0 Å². The predicted octanol–water partition coefficient (Wildman–Crippen LogP) is 1.14. The molecule has 3 atom stereocenters. The topological polar surface area (TPSA) is 32.5 Å². The lowest BCUT2D eigenvalue weighted by Gasteiger charge is -2.33. The highest BCUT2D eigenvalue weighted by Gasteiger charge is 2.27. The normalized spacial score (nSPS) is 38.1. The molecular weight excluding hydrogens is 198 g/mol. The number of rotatable bonds is 3. The third-order valence-electron chi connectivity index (χ3n) is 4.45. The van der Waals surface area contributed by atoms with Crippen molar-refractivity contribution in [2.45, 2.75) is 44.7 Å². The minimum absolute atomic E-state index is 0.407. The van der Waals surface area contributed by atoms with E-state index in [0.717, 1.165) is 12.6 Å². The molecule has 94 valence electrons. The van der Waals surface area contributed by atoms with Crippen LogP contribution in [0.15, 0.2) is 0 Å². The fourth-order valence-corrected chi connectivity index (χ4v) is 3.12. The number of likely N-dealkylation sites (tertiary alicyclic amines) is 2. The molecule has 16 heavy (non-hydrogen) atoms. The van der Waals surface area contributed by atoms with Gasteiger partial charge in [-0.05, 0) is 45.3 Å². The van der Waals surface area contributed by atoms with Gasteiger partial charge in [0.15, 0.2) is 0 Å². The van der Waals surface area contributed by atoms with Gasteiger partial charge in [-0.1, -0.05) is 13.3 Å². The summed E-state index contributed by atoms with van der Waals surface area (Å²) in [6.07, 6.45) is 5.53. The number of nitrogens with two attached hydrogens (primary N) is 1. The molecule has 3 unspecified atom stereocenters. The van der Waals surface area contributed by atoms with Crippen LogP contribution in [0.25, 0.3) is 0 Å². The summed E-state index contributed by atoms with van der Waals surface area (Å²) in [6.45, 7) is 7.13. The predicted molar refractivity (Wildman–Crippen MR) is 68.5 cm³/mol. The highest BCUT2D eigenvalue weighted by atomic mass is 15.2. The van der Waals surface area contributed by atoms with Crippen LogP contribution in [-0.4, -0.2) is 55.1 Å². The van der Waals surface area contributed by atoms with Crippen molar-refractivity contribution in [2.75, 3.05) is 33.2 Å².